The smallest absolute Gasteiger partial charge is 0.0724 e. The highest BCUT2D eigenvalue weighted by Gasteiger charge is 2.17. The molecule has 1 N–H and O–H groups in total. The Hall–Kier alpha value is -0.960. The molecular formula is C12H19N3. The van der Waals surface area contributed by atoms with Crippen LogP contribution in [-0.2, 0) is 6.54 Å². The first-order valence-electron chi connectivity index (χ1n) is 5.83. The van der Waals surface area contributed by atoms with Gasteiger partial charge in [-0.1, -0.05) is 6.92 Å². The molecule has 1 aromatic heterocycles. The third kappa shape index (κ3) is 3.27. The summed E-state index contributed by atoms with van der Waals surface area (Å²) in [6.07, 6.45) is 10.6. The summed E-state index contributed by atoms with van der Waals surface area (Å²) in [5.41, 5.74) is 1.04. The van der Waals surface area contributed by atoms with Crippen molar-refractivity contribution in [2.45, 2.75) is 45.2 Å². The Labute approximate surface area is 91.3 Å². The molecule has 82 valence electrons. The molecule has 2 rings (SSSR count). The van der Waals surface area contributed by atoms with E-state index in [0.717, 1.165) is 18.2 Å². The molecule has 0 aromatic carbocycles. The van der Waals surface area contributed by atoms with Crippen LogP contribution in [0.5, 0.6) is 0 Å². The fourth-order valence-corrected chi connectivity index (χ4v) is 2.13. The maximum absolute atomic E-state index is 4.25. The predicted molar refractivity (Wildman–Crippen MR) is 60.3 cm³/mol. The Kier molecular flexibility index (Phi) is 3.67. The minimum absolute atomic E-state index is 0.684. The van der Waals surface area contributed by atoms with Gasteiger partial charge in [-0.2, -0.15) is 0 Å². The maximum atomic E-state index is 4.25. The summed E-state index contributed by atoms with van der Waals surface area (Å²) in [6.45, 7) is 3.20. The number of nitrogens with zero attached hydrogens (tertiary/aromatic N) is 2. The van der Waals surface area contributed by atoms with Gasteiger partial charge < -0.3 is 5.32 Å². The van der Waals surface area contributed by atoms with Crippen LogP contribution in [0.3, 0.4) is 0 Å². The molecule has 15 heavy (non-hydrogen) atoms. The highest BCUT2D eigenvalue weighted by atomic mass is 14.9. The van der Waals surface area contributed by atoms with E-state index in [9.17, 15) is 0 Å². The summed E-state index contributed by atoms with van der Waals surface area (Å²) in [4.78, 5) is 8.31. The van der Waals surface area contributed by atoms with E-state index in [0.29, 0.717) is 6.04 Å². The standard InChI is InChI=1S/C12H19N3/c1-10-2-4-11(5-3-10)15-9-12-8-13-6-7-14-12/h6-8,10-11,15H,2-5,9H2,1H3. The quantitative estimate of drug-likeness (QED) is 0.821. The second-order valence-electron chi connectivity index (χ2n) is 4.53. The summed E-state index contributed by atoms with van der Waals surface area (Å²) in [5.74, 6) is 0.916. The van der Waals surface area contributed by atoms with Gasteiger partial charge in [-0.05, 0) is 31.6 Å². The van der Waals surface area contributed by atoms with Crippen LogP contribution in [0.15, 0.2) is 18.6 Å². The summed E-state index contributed by atoms with van der Waals surface area (Å²) in [6, 6.07) is 0.684. The van der Waals surface area contributed by atoms with E-state index in [-0.39, 0.29) is 0 Å². The van der Waals surface area contributed by atoms with Crippen molar-refractivity contribution in [1.82, 2.24) is 15.3 Å². The first kappa shape index (κ1) is 10.6. The van der Waals surface area contributed by atoms with E-state index >= 15 is 0 Å². The lowest BCUT2D eigenvalue weighted by molar-refractivity contribution is 0.306. The summed E-state index contributed by atoms with van der Waals surface area (Å²) >= 11 is 0. The van der Waals surface area contributed by atoms with Gasteiger partial charge in [0, 0.05) is 31.2 Å². The molecule has 0 unspecified atom stereocenters. The van der Waals surface area contributed by atoms with Crippen LogP contribution in [0.1, 0.15) is 38.3 Å². The van der Waals surface area contributed by atoms with Gasteiger partial charge in [0.1, 0.15) is 0 Å². The summed E-state index contributed by atoms with van der Waals surface area (Å²) in [5, 5.41) is 3.56. The van der Waals surface area contributed by atoms with Crippen LogP contribution in [0.25, 0.3) is 0 Å². The highest BCUT2D eigenvalue weighted by Crippen LogP contribution is 2.23. The van der Waals surface area contributed by atoms with Gasteiger partial charge in [-0.15, -0.1) is 0 Å². The minimum Gasteiger partial charge on any atom is -0.308 e. The molecule has 0 bridgehead atoms. The zero-order chi connectivity index (χ0) is 10.5. The van der Waals surface area contributed by atoms with Crippen molar-refractivity contribution in [3.05, 3.63) is 24.3 Å². The number of hydrogen-bond donors (Lipinski definition) is 1. The normalized spacial score (nSPS) is 26.5. The van der Waals surface area contributed by atoms with E-state index in [1.807, 2.05) is 6.20 Å². The zero-order valence-corrected chi connectivity index (χ0v) is 9.32. The Bertz CT molecular complexity index is 278. The van der Waals surface area contributed by atoms with Gasteiger partial charge >= 0.3 is 0 Å². The number of aromatic nitrogens is 2. The van der Waals surface area contributed by atoms with Gasteiger partial charge in [0.25, 0.3) is 0 Å². The molecule has 0 saturated heterocycles. The Morgan fingerprint density at radius 3 is 2.73 bits per heavy atom. The number of rotatable bonds is 3. The molecule has 3 nitrogen and oxygen atoms in total. The molecule has 0 aliphatic heterocycles. The molecule has 1 aliphatic carbocycles. The van der Waals surface area contributed by atoms with Crippen LogP contribution in [-0.4, -0.2) is 16.0 Å². The van der Waals surface area contributed by atoms with Crippen molar-refractivity contribution in [3.63, 3.8) is 0 Å². The van der Waals surface area contributed by atoms with Crippen LogP contribution >= 0.6 is 0 Å². The molecule has 1 saturated carbocycles. The average Bonchev–Trinajstić information content (AvgIpc) is 2.30. The molecular weight excluding hydrogens is 186 g/mol. The SMILES string of the molecule is CC1CCC(NCc2cnccn2)CC1. The number of hydrogen-bond acceptors (Lipinski definition) is 3. The summed E-state index contributed by atoms with van der Waals surface area (Å²) in [7, 11) is 0. The van der Waals surface area contributed by atoms with Crippen LogP contribution in [0.4, 0.5) is 0 Å². The Morgan fingerprint density at radius 2 is 2.07 bits per heavy atom. The van der Waals surface area contributed by atoms with Crippen molar-refractivity contribution in [2.24, 2.45) is 5.92 Å². The van der Waals surface area contributed by atoms with Gasteiger partial charge in [0.15, 0.2) is 0 Å². The second-order valence-corrected chi connectivity index (χ2v) is 4.53. The van der Waals surface area contributed by atoms with Crippen molar-refractivity contribution in [3.8, 4) is 0 Å². The molecule has 0 atom stereocenters. The third-order valence-corrected chi connectivity index (χ3v) is 3.20. The van der Waals surface area contributed by atoms with E-state index in [1.165, 1.54) is 25.7 Å². The van der Waals surface area contributed by atoms with Gasteiger partial charge in [-0.25, -0.2) is 0 Å². The third-order valence-electron chi connectivity index (χ3n) is 3.20. The molecule has 0 spiro atoms. The van der Waals surface area contributed by atoms with E-state index in [4.69, 9.17) is 0 Å². The molecule has 1 heterocycles. The van der Waals surface area contributed by atoms with Crippen LogP contribution in [0.2, 0.25) is 0 Å². The minimum atomic E-state index is 0.684. The van der Waals surface area contributed by atoms with Crippen molar-refractivity contribution >= 4 is 0 Å². The fourth-order valence-electron chi connectivity index (χ4n) is 2.13. The maximum Gasteiger partial charge on any atom is 0.0724 e. The first-order chi connectivity index (χ1) is 7.34. The predicted octanol–water partition coefficient (Wildman–Crippen LogP) is 2.14. The highest BCUT2D eigenvalue weighted by molar-refractivity contribution is 4.94. The van der Waals surface area contributed by atoms with Crippen molar-refractivity contribution in [2.75, 3.05) is 0 Å². The van der Waals surface area contributed by atoms with Crippen molar-refractivity contribution in [1.29, 1.82) is 0 Å². The monoisotopic (exact) mass is 205 g/mol. The Morgan fingerprint density at radius 1 is 1.27 bits per heavy atom. The first-order valence-corrected chi connectivity index (χ1v) is 5.83. The van der Waals surface area contributed by atoms with Crippen molar-refractivity contribution < 1.29 is 0 Å². The topological polar surface area (TPSA) is 37.8 Å². The molecule has 3 heteroatoms. The van der Waals surface area contributed by atoms with Gasteiger partial charge in [-0.3, -0.25) is 9.97 Å². The van der Waals surface area contributed by atoms with E-state index in [1.54, 1.807) is 12.4 Å². The molecule has 1 aromatic rings. The van der Waals surface area contributed by atoms with E-state index in [2.05, 4.69) is 22.2 Å². The molecule has 0 radical (unpaired) electrons. The van der Waals surface area contributed by atoms with Gasteiger partial charge in [0.2, 0.25) is 0 Å². The largest absolute Gasteiger partial charge is 0.308 e. The lowest BCUT2D eigenvalue weighted by Gasteiger charge is -2.26. The molecule has 1 fully saturated rings. The number of nitrogens with one attached hydrogen (secondary N) is 1. The van der Waals surface area contributed by atoms with Gasteiger partial charge in [0.05, 0.1) is 5.69 Å². The molecule has 1 aliphatic rings. The van der Waals surface area contributed by atoms with Crippen LogP contribution < -0.4 is 5.32 Å². The fraction of sp³-hybridized carbons (Fsp3) is 0.667. The second kappa shape index (κ2) is 5.21. The lowest BCUT2D eigenvalue weighted by atomic mass is 9.87. The Balaban J connectivity index is 1.74. The summed E-state index contributed by atoms with van der Waals surface area (Å²) < 4.78 is 0. The lowest BCUT2D eigenvalue weighted by Crippen LogP contribution is -2.32. The molecule has 0 amide bonds. The average molecular weight is 205 g/mol. The van der Waals surface area contributed by atoms with E-state index < -0.39 is 0 Å². The zero-order valence-electron chi connectivity index (χ0n) is 9.32. The van der Waals surface area contributed by atoms with Crippen LogP contribution in [0, 0.1) is 5.92 Å².